The highest BCUT2D eigenvalue weighted by atomic mass is 35.5. The number of thiophene rings is 1. The number of ketones is 1. The number of carbonyl (C=O) groups is 1. The highest BCUT2D eigenvalue weighted by molar-refractivity contribution is 7.13. The molecule has 100 valence electrons. The van der Waals surface area contributed by atoms with Gasteiger partial charge in [-0.15, -0.1) is 11.3 Å². The first-order valence-corrected chi connectivity index (χ1v) is 7.48. The fraction of sp³-hybridized carbons (Fsp3) is 0.125. The molecule has 2 heterocycles. The molecule has 0 spiro atoms. The van der Waals surface area contributed by atoms with Crippen LogP contribution in [0.15, 0.2) is 35.7 Å². The van der Waals surface area contributed by atoms with Crippen molar-refractivity contribution < 1.29 is 4.79 Å². The molecule has 0 amide bonds. The van der Waals surface area contributed by atoms with Gasteiger partial charge in [0.2, 0.25) is 5.78 Å². The molecule has 3 aromatic rings. The number of aryl methyl sites for hydroxylation is 2. The van der Waals surface area contributed by atoms with Crippen LogP contribution in [0.4, 0.5) is 0 Å². The highest BCUT2D eigenvalue weighted by Gasteiger charge is 2.16. The summed E-state index contributed by atoms with van der Waals surface area (Å²) in [5, 5.41) is 3.43. The minimum Gasteiger partial charge on any atom is -0.288 e. The number of hydrogen-bond donors (Lipinski definition) is 0. The number of benzene rings is 1. The van der Waals surface area contributed by atoms with Crippen molar-refractivity contribution in [2.24, 2.45) is 0 Å². The van der Waals surface area contributed by atoms with Gasteiger partial charge in [0, 0.05) is 16.6 Å². The van der Waals surface area contributed by atoms with E-state index in [-0.39, 0.29) is 5.78 Å². The van der Waals surface area contributed by atoms with Crippen LogP contribution in [0, 0.1) is 13.8 Å². The third-order valence-corrected chi connectivity index (χ3v) is 4.89. The van der Waals surface area contributed by atoms with Crippen molar-refractivity contribution in [3.8, 4) is 0 Å². The van der Waals surface area contributed by atoms with Crippen LogP contribution in [-0.4, -0.2) is 10.8 Å². The number of rotatable bonds is 2. The number of nitrogens with zero attached hydrogens (tertiary/aromatic N) is 1. The van der Waals surface area contributed by atoms with Gasteiger partial charge in [-0.05, 0) is 49.1 Å². The van der Waals surface area contributed by atoms with Gasteiger partial charge >= 0.3 is 0 Å². The maximum absolute atomic E-state index is 12.5. The Morgan fingerprint density at radius 3 is 2.70 bits per heavy atom. The summed E-state index contributed by atoms with van der Waals surface area (Å²) >= 11 is 7.56. The van der Waals surface area contributed by atoms with E-state index in [1.807, 2.05) is 49.6 Å². The molecule has 0 fully saturated rings. The Labute approximate surface area is 126 Å². The van der Waals surface area contributed by atoms with Gasteiger partial charge in [-0.3, -0.25) is 9.78 Å². The van der Waals surface area contributed by atoms with E-state index in [2.05, 4.69) is 4.98 Å². The van der Waals surface area contributed by atoms with Gasteiger partial charge in [0.15, 0.2) is 0 Å². The summed E-state index contributed by atoms with van der Waals surface area (Å²) in [7, 11) is 0. The number of fused-ring (bicyclic) bond motifs is 1. The van der Waals surface area contributed by atoms with E-state index in [4.69, 9.17) is 11.6 Å². The summed E-state index contributed by atoms with van der Waals surface area (Å²) in [5.74, 6) is -0.0319. The van der Waals surface area contributed by atoms with Gasteiger partial charge < -0.3 is 0 Å². The van der Waals surface area contributed by atoms with E-state index in [0.29, 0.717) is 15.5 Å². The first kappa shape index (κ1) is 13.3. The molecule has 4 heteroatoms. The zero-order valence-corrected chi connectivity index (χ0v) is 12.7. The molecular formula is C16H12ClNOS. The Kier molecular flexibility index (Phi) is 3.32. The second kappa shape index (κ2) is 5.00. The molecule has 0 saturated heterocycles. The van der Waals surface area contributed by atoms with Gasteiger partial charge in [0.25, 0.3) is 0 Å². The van der Waals surface area contributed by atoms with Crippen LogP contribution in [-0.2, 0) is 0 Å². The Balaban J connectivity index is 2.08. The van der Waals surface area contributed by atoms with Crippen molar-refractivity contribution >= 4 is 39.6 Å². The van der Waals surface area contributed by atoms with Crippen LogP contribution in [0.3, 0.4) is 0 Å². The third kappa shape index (κ3) is 2.23. The van der Waals surface area contributed by atoms with E-state index in [1.54, 1.807) is 0 Å². The van der Waals surface area contributed by atoms with Crippen LogP contribution in [0.25, 0.3) is 10.9 Å². The Morgan fingerprint density at radius 2 is 2.00 bits per heavy atom. The highest BCUT2D eigenvalue weighted by Crippen LogP contribution is 2.29. The zero-order valence-electron chi connectivity index (χ0n) is 11.1. The first-order valence-electron chi connectivity index (χ1n) is 6.22. The van der Waals surface area contributed by atoms with Crippen molar-refractivity contribution in [1.29, 1.82) is 0 Å². The average molecular weight is 302 g/mol. The number of hydrogen-bond acceptors (Lipinski definition) is 3. The van der Waals surface area contributed by atoms with Crippen LogP contribution >= 0.6 is 22.9 Å². The Hall–Kier alpha value is -1.71. The fourth-order valence-corrected chi connectivity index (χ4v) is 3.32. The van der Waals surface area contributed by atoms with Crippen molar-refractivity contribution in [2.45, 2.75) is 13.8 Å². The molecule has 0 radical (unpaired) electrons. The molecular weight excluding hydrogens is 290 g/mol. The Bertz CT molecular complexity index is 822. The zero-order chi connectivity index (χ0) is 14.3. The maximum atomic E-state index is 12.5. The molecule has 3 rings (SSSR count). The third-order valence-electron chi connectivity index (χ3n) is 3.20. The van der Waals surface area contributed by atoms with Crippen molar-refractivity contribution in [2.75, 3.05) is 0 Å². The lowest BCUT2D eigenvalue weighted by Gasteiger charge is -2.03. The lowest BCUT2D eigenvalue weighted by atomic mass is 10.1. The van der Waals surface area contributed by atoms with Crippen LogP contribution in [0.1, 0.15) is 26.5 Å². The normalized spacial score (nSPS) is 10.9. The molecule has 0 aliphatic heterocycles. The number of carbonyl (C=O) groups excluding carboxylic acids is 1. The molecule has 0 atom stereocenters. The summed E-state index contributed by atoms with van der Waals surface area (Å²) in [6.45, 7) is 3.86. The second-order valence-corrected chi connectivity index (χ2v) is 6.01. The van der Waals surface area contributed by atoms with Crippen LogP contribution in [0.2, 0.25) is 5.02 Å². The van der Waals surface area contributed by atoms with E-state index >= 15 is 0 Å². The predicted octanol–water partition coefficient (Wildman–Crippen LogP) is 4.80. The predicted molar refractivity (Wildman–Crippen MR) is 84.0 cm³/mol. The summed E-state index contributed by atoms with van der Waals surface area (Å²) in [4.78, 5) is 17.5. The number of pyridine rings is 1. The summed E-state index contributed by atoms with van der Waals surface area (Å²) in [6.07, 6.45) is 0. The smallest absolute Gasteiger partial charge is 0.204 e. The van der Waals surface area contributed by atoms with Crippen molar-refractivity contribution in [1.82, 2.24) is 4.98 Å². The van der Waals surface area contributed by atoms with Gasteiger partial charge in [0.05, 0.1) is 15.4 Å². The Morgan fingerprint density at radius 1 is 1.20 bits per heavy atom. The van der Waals surface area contributed by atoms with E-state index in [9.17, 15) is 4.79 Å². The summed E-state index contributed by atoms with van der Waals surface area (Å²) < 4.78 is 0. The molecule has 1 aromatic carbocycles. The monoisotopic (exact) mass is 301 g/mol. The average Bonchev–Trinajstić information content (AvgIpc) is 2.77. The van der Waals surface area contributed by atoms with Crippen LogP contribution < -0.4 is 0 Å². The quantitative estimate of drug-likeness (QED) is 0.637. The lowest BCUT2D eigenvalue weighted by Crippen LogP contribution is -1.99. The number of aromatic nitrogens is 1. The molecule has 0 unspecified atom stereocenters. The van der Waals surface area contributed by atoms with Gasteiger partial charge in [-0.2, -0.15) is 0 Å². The summed E-state index contributed by atoms with van der Waals surface area (Å²) in [5.41, 5.74) is 3.45. The molecule has 0 aliphatic rings. The lowest BCUT2D eigenvalue weighted by molar-refractivity contribution is 0.104. The minimum atomic E-state index is -0.0319. The molecule has 0 aliphatic carbocycles. The van der Waals surface area contributed by atoms with E-state index in [0.717, 1.165) is 22.2 Å². The topological polar surface area (TPSA) is 30.0 Å². The second-order valence-electron chi connectivity index (χ2n) is 4.75. The SMILES string of the molecule is Cc1ccc2cc(C(=O)c3scc(C)c3Cl)ccc2n1. The van der Waals surface area contributed by atoms with E-state index < -0.39 is 0 Å². The molecule has 2 aromatic heterocycles. The molecule has 0 N–H and O–H groups in total. The molecule has 0 saturated carbocycles. The van der Waals surface area contributed by atoms with Gasteiger partial charge in [-0.1, -0.05) is 17.7 Å². The molecule has 20 heavy (non-hydrogen) atoms. The fourth-order valence-electron chi connectivity index (χ4n) is 2.08. The number of halogens is 1. The van der Waals surface area contributed by atoms with Crippen molar-refractivity contribution in [3.05, 3.63) is 62.4 Å². The van der Waals surface area contributed by atoms with Crippen LogP contribution in [0.5, 0.6) is 0 Å². The molecule has 0 bridgehead atoms. The maximum Gasteiger partial charge on any atom is 0.204 e. The van der Waals surface area contributed by atoms with E-state index in [1.165, 1.54) is 11.3 Å². The molecule has 2 nitrogen and oxygen atoms in total. The summed E-state index contributed by atoms with van der Waals surface area (Å²) in [6, 6.07) is 9.48. The minimum absolute atomic E-state index is 0.0319. The van der Waals surface area contributed by atoms with Crippen molar-refractivity contribution in [3.63, 3.8) is 0 Å². The van der Waals surface area contributed by atoms with Gasteiger partial charge in [-0.25, -0.2) is 0 Å². The largest absolute Gasteiger partial charge is 0.288 e. The first-order chi connectivity index (χ1) is 9.56. The van der Waals surface area contributed by atoms with Gasteiger partial charge in [0.1, 0.15) is 0 Å². The standard InChI is InChI=1S/C16H12ClNOS/c1-9-8-20-16(14(9)17)15(19)12-5-6-13-11(7-12)4-3-10(2)18-13/h3-8H,1-2H3.